The van der Waals surface area contributed by atoms with Crippen LogP contribution in [0.5, 0.6) is 0 Å². The number of benzene rings is 1. The molecule has 0 saturated carbocycles. The van der Waals surface area contributed by atoms with E-state index in [1.807, 2.05) is 6.07 Å². The van der Waals surface area contributed by atoms with Gasteiger partial charge in [-0.1, -0.05) is 23.9 Å². The minimum Gasteiger partial charge on any atom is -0.335 e. The molecule has 0 spiro atoms. The molecule has 1 atom stereocenters. The number of thiophene rings is 1. The number of nitrogens with two attached hydrogens (primary N) is 1. The molecule has 3 rings (SSSR count). The zero-order chi connectivity index (χ0) is 18.7. The zero-order valence-corrected chi connectivity index (χ0v) is 15.1. The van der Waals surface area contributed by atoms with Crippen LogP contribution in [0.15, 0.2) is 40.9 Å². The summed E-state index contributed by atoms with van der Waals surface area (Å²) in [4.78, 5) is 12.3. The predicted octanol–water partition coefficient (Wildman–Crippen LogP) is 2.85. The van der Waals surface area contributed by atoms with Crippen LogP contribution in [-0.2, 0) is 4.79 Å². The molecule has 1 aromatic carbocycles. The first-order chi connectivity index (χ1) is 12.5. The highest BCUT2D eigenvalue weighted by Crippen LogP contribution is 2.28. The molecule has 2 aromatic heterocycles. The van der Waals surface area contributed by atoms with Crippen LogP contribution < -0.4 is 11.2 Å². The summed E-state index contributed by atoms with van der Waals surface area (Å²) in [6.45, 7) is 1.68. The van der Waals surface area contributed by atoms with E-state index < -0.39 is 11.1 Å². The second-order valence-corrected chi connectivity index (χ2v) is 7.40. The van der Waals surface area contributed by atoms with Crippen LogP contribution in [0.3, 0.4) is 0 Å². The number of hydrogen-bond acceptors (Lipinski definition) is 7. The lowest BCUT2D eigenvalue weighted by atomic mass is 10.2. The first-order valence-corrected chi connectivity index (χ1v) is 9.17. The third kappa shape index (κ3) is 3.54. The van der Waals surface area contributed by atoms with Crippen molar-refractivity contribution in [3.05, 3.63) is 47.1 Å². The van der Waals surface area contributed by atoms with Crippen molar-refractivity contribution in [2.45, 2.75) is 17.3 Å². The van der Waals surface area contributed by atoms with E-state index in [1.54, 1.807) is 36.6 Å². The topological polar surface area (TPSA) is 110 Å². The number of nitrogens with one attached hydrogen (secondary N) is 1. The monoisotopic (exact) mass is 388 g/mol. The van der Waals surface area contributed by atoms with Gasteiger partial charge in [-0.15, -0.1) is 21.5 Å². The van der Waals surface area contributed by atoms with E-state index in [-0.39, 0.29) is 22.5 Å². The SMILES string of the molecule is C[C@H](Sc1nnc(-c2ccccc2F)n1N)C(=O)Nc1sccc1C#N. The average molecular weight is 388 g/mol. The van der Waals surface area contributed by atoms with Crippen molar-refractivity contribution in [3.63, 3.8) is 0 Å². The summed E-state index contributed by atoms with van der Waals surface area (Å²) in [6.07, 6.45) is 0. The fourth-order valence-corrected chi connectivity index (χ4v) is 3.61. The summed E-state index contributed by atoms with van der Waals surface area (Å²) in [6, 6.07) is 9.74. The predicted molar refractivity (Wildman–Crippen MR) is 98.5 cm³/mol. The number of nitriles is 1. The Hall–Kier alpha value is -2.90. The Bertz CT molecular complexity index is 993. The standard InChI is InChI=1S/C16H13FN6OS2/c1-9(14(24)20-15-10(8-18)6-7-25-15)26-16-22-21-13(23(16)19)11-4-2-3-5-12(11)17/h2-7,9H,19H2,1H3,(H,20,24)/t9-/m0/s1. The van der Waals surface area contributed by atoms with Crippen LogP contribution >= 0.6 is 23.1 Å². The van der Waals surface area contributed by atoms with Crippen LogP contribution in [0.2, 0.25) is 0 Å². The van der Waals surface area contributed by atoms with Crippen LogP contribution in [-0.4, -0.2) is 26.0 Å². The van der Waals surface area contributed by atoms with E-state index in [9.17, 15) is 9.18 Å². The molecular weight excluding hydrogens is 375 g/mol. The van der Waals surface area contributed by atoms with Gasteiger partial charge >= 0.3 is 0 Å². The van der Waals surface area contributed by atoms with Gasteiger partial charge < -0.3 is 11.2 Å². The Kier molecular flexibility index (Phi) is 5.20. The molecule has 7 nitrogen and oxygen atoms in total. The van der Waals surface area contributed by atoms with E-state index in [2.05, 4.69) is 15.5 Å². The van der Waals surface area contributed by atoms with Crippen molar-refractivity contribution in [2.75, 3.05) is 11.2 Å². The van der Waals surface area contributed by atoms with Crippen molar-refractivity contribution in [1.82, 2.24) is 14.9 Å². The van der Waals surface area contributed by atoms with E-state index in [1.165, 1.54) is 17.4 Å². The van der Waals surface area contributed by atoms with Crippen molar-refractivity contribution < 1.29 is 9.18 Å². The van der Waals surface area contributed by atoms with Crippen molar-refractivity contribution in [2.24, 2.45) is 0 Å². The number of hydrogen-bond donors (Lipinski definition) is 2. The molecule has 0 aliphatic rings. The quantitative estimate of drug-likeness (QED) is 0.514. The molecule has 132 valence electrons. The highest BCUT2D eigenvalue weighted by atomic mass is 32.2. The number of carbonyl (C=O) groups excluding carboxylic acids is 1. The molecule has 3 aromatic rings. The van der Waals surface area contributed by atoms with Crippen LogP contribution in [0.25, 0.3) is 11.4 Å². The van der Waals surface area contributed by atoms with Gasteiger partial charge in [0.05, 0.1) is 16.4 Å². The van der Waals surface area contributed by atoms with Gasteiger partial charge in [0.1, 0.15) is 16.9 Å². The summed E-state index contributed by atoms with van der Waals surface area (Å²) in [5.74, 6) is 5.37. The average Bonchev–Trinajstić information content (AvgIpc) is 3.22. The highest BCUT2D eigenvalue weighted by Gasteiger charge is 2.22. The molecule has 0 fully saturated rings. The number of nitrogen functional groups attached to an aromatic ring is 1. The number of thioether (sulfide) groups is 1. The summed E-state index contributed by atoms with van der Waals surface area (Å²) in [7, 11) is 0. The van der Waals surface area contributed by atoms with E-state index in [0.29, 0.717) is 10.6 Å². The number of rotatable bonds is 5. The van der Waals surface area contributed by atoms with Crippen LogP contribution in [0, 0.1) is 17.1 Å². The maximum Gasteiger partial charge on any atom is 0.238 e. The van der Waals surface area contributed by atoms with E-state index in [0.717, 1.165) is 16.4 Å². The Morgan fingerprint density at radius 1 is 1.42 bits per heavy atom. The Morgan fingerprint density at radius 3 is 2.92 bits per heavy atom. The Labute approximate surface area is 156 Å². The minimum atomic E-state index is -0.552. The summed E-state index contributed by atoms with van der Waals surface area (Å²) in [5, 5.41) is 21.5. The summed E-state index contributed by atoms with van der Waals surface area (Å²) in [5.41, 5.74) is 0.632. The maximum absolute atomic E-state index is 13.9. The van der Waals surface area contributed by atoms with Gasteiger partial charge in [0.2, 0.25) is 11.1 Å². The Morgan fingerprint density at radius 2 is 2.19 bits per heavy atom. The van der Waals surface area contributed by atoms with Gasteiger partial charge in [-0.3, -0.25) is 4.79 Å². The molecule has 26 heavy (non-hydrogen) atoms. The summed E-state index contributed by atoms with van der Waals surface area (Å²) < 4.78 is 15.1. The minimum absolute atomic E-state index is 0.170. The van der Waals surface area contributed by atoms with Gasteiger partial charge in [-0.25, -0.2) is 9.07 Å². The highest BCUT2D eigenvalue weighted by molar-refractivity contribution is 8.00. The normalized spacial score (nSPS) is 11.7. The van der Waals surface area contributed by atoms with Gasteiger partial charge in [0, 0.05) is 0 Å². The van der Waals surface area contributed by atoms with Crippen LogP contribution in [0.4, 0.5) is 9.39 Å². The molecular formula is C16H13FN6OS2. The second kappa shape index (κ2) is 7.55. The van der Waals surface area contributed by atoms with Crippen molar-refractivity contribution in [3.8, 4) is 17.5 Å². The van der Waals surface area contributed by atoms with E-state index >= 15 is 0 Å². The largest absolute Gasteiger partial charge is 0.335 e. The molecule has 0 saturated heterocycles. The molecule has 0 aliphatic carbocycles. The smallest absolute Gasteiger partial charge is 0.238 e. The molecule has 0 unspecified atom stereocenters. The molecule has 10 heteroatoms. The van der Waals surface area contributed by atoms with Crippen LogP contribution in [0.1, 0.15) is 12.5 Å². The van der Waals surface area contributed by atoms with Gasteiger partial charge in [0.25, 0.3) is 0 Å². The lowest BCUT2D eigenvalue weighted by Crippen LogP contribution is -2.23. The second-order valence-electron chi connectivity index (χ2n) is 5.18. The van der Waals surface area contributed by atoms with Crippen molar-refractivity contribution in [1.29, 1.82) is 5.26 Å². The first-order valence-electron chi connectivity index (χ1n) is 7.41. The summed E-state index contributed by atoms with van der Waals surface area (Å²) >= 11 is 2.36. The number of carbonyl (C=O) groups is 1. The number of aromatic nitrogens is 3. The Balaban J connectivity index is 1.74. The number of amides is 1. The van der Waals surface area contributed by atoms with Gasteiger partial charge in [-0.2, -0.15) is 5.26 Å². The number of anilines is 1. The molecule has 0 aliphatic heterocycles. The van der Waals surface area contributed by atoms with Gasteiger partial charge in [0.15, 0.2) is 5.82 Å². The lowest BCUT2D eigenvalue weighted by molar-refractivity contribution is -0.115. The molecule has 1 amide bonds. The maximum atomic E-state index is 13.9. The molecule has 2 heterocycles. The number of halogens is 1. The molecule has 3 N–H and O–H groups in total. The third-order valence-electron chi connectivity index (χ3n) is 3.45. The van der Waals surface area contributed by atoms with Gasteiger partial charge in [-0.05, 0) is 30.5 Å². The fourth-order valence-electron chi connectivity index (χ4n) is 2.10. The van der Waals surface area contributed by atoms with Crippen molar-refractivity contribution >= 4 is 34.0 Å². The molecule has 0 bridgehead atoms. The zero-order valence-electron chi connectivity index (χ0n) is 13.5. The fraction of sp³-hybridized carbons (Fsp3) is 0.125. The number of nitrogens with zero attached hydrogens (tertiary/aromatic N) is 4. The molecule has 0 radical (unpaired) electrons. The van der Waals surface area contributed by atoms with E-state index in [4.69, 9.17) is 11.1 Å². The lowest BCUT2D eigenvalue weighted by Gasteiger charge is -2.11. The first kappa shape index (κ1) is 17.9. The third-order valence-corrected chi connectivity index (χ3v) is 5.34.